The normalized spacial score (nSPS) is 30.3. The molecule has 0 aliphatic carbocycles. The SMILES string of the molecule is C[C@@H]1CCC[C@@H](C)N1CCC(=O)O. The molecule has 2 atom stereocenters. The van der Waals surface area contributed by atoms with Crippen LogP contribution < -0.4 is 0 Å². The van der Waals surface area contributed by atoms with Gasteiger partial charge in [0.1, 0.15) is 0 Å². The first-order chi connectivity index (χ1) is 6.11. The first-order valence-electron chi connectivity index (χ1n) is 5.09. The number of rotatable bonds is 3. The van der Waals surface area contributed by atoms with E-state index in [9.17, 15) is 4.79 Å². The molecular weight excluding hydrogens is 166 g/mol. The summed E-state index contributed by atoms with van der Waals surface area (Å²) in [7, 11) is 0. The fourth-order valence-electron chi connectivity index (χ4n) is 2.14. The van der Waals surface area contributed by atoms with Crippen LogP contribution in [0.3, 0.4) is 0 Å². The number of carbonyl (C=O) groups is 1. The van der Waals surface area contributed by atoms with E-state index in [-0.39, 0.29) is 6.42 Å². The average molecular weight is 185 g/mol. The molecule has 3 heteroatoms. The molecule has 1 heterocycles. The average Bonchev–Trinajstić information content (AvgIpc) is 2.03. The number of likely N-dealkylation sites (tertiary alicyclic amines) is 1. The molecule has 1 N–H and O–H groups in total. The lowest BCUT2D eigenvalue weighted by Gasteiger charge is -2.38. The van der Waals surface area contributed by atoms with Gasteiger partial charge in [-0.3, -0.25) is 9.69 Å². The maximum atomic E-state index is 10.4. The fraction of sp³-hybridized carbons (Fsp3) is 0.900. The summed E-state index contributed by atoms with van der Waals surface area (Å²) in [5.41, 5.74) is 0. The van der Waals surface area contributed by atoms with Gasteiger partial charge < -0.3 is 5.11 Å². The van der Waals surface area contributed by atoms with Gasteiger partial charge in [0, 0.05) is 18.6 Å². The Labute approximate surface area is 79.7 Å². The number of hydrogen-bond donors (Lipinski definition) is 1. The molecule has 0 spiro atoms. The van der Waals surface area contributed by atoms with Gasteiger partial charge in [-0.2, -0.15) is 0 Å². The third kappa shape index (κ3) is 2.99. The van der Waals surface area contributed by atoms with Gasteiger partial charge in [0.2, 0.25) is 0 Å². The second kappa shape index (κ2) is 4.61. The lowest BCUT2D eigenvalue weighted by atomic mass is 9.97. The zero-order valence-corrected chi connectivity index (χ0v) is 8.49. The van der Waals surface area contributed by atoms with Crippen molar-refractivity contribution in [2.24, 2.45) is 0 Å². The Balaban J connectivity index is 2.39. The van der Waals surface area contributed by atoms with Crippen molar-refractivity contribution in [3.63, 3.8) is 0 Å². The lowest BCUT2D eigenvalue weighted by molar-refractivity contribution is -0.137. The Bertz CT molecular complexity index is 172. The highest BCUT2D eigenvalue weighted by Gasteiger charge is 2.24. The lowest BCUT2D eigenvalue weighted by Crippen LogP contribution is -2.44. The van der Waals surface area contributed by atoms with Gasteiger partial charge in [-0.05, 0) is 26.7 Å². The van der Waals surface area contributed by atoms with Gasteiger partial charge in [0.15, 0.2) is 0 Å². The minimum Gasteiger partial charge on any atom is -0.481 e. The van der Waals surface area contributed by atoms with Crippen molar-refractivity contribution in [3.8, 4) is 0 Å². The molecule has 1 rings (SSSR count). The molecule has 0 aromatic rings. The van der Waals surface area contributed by atoms with Crippen LogP contribution in [0.4, 0.5) is 0 Å². The van der Waals surface area contributed by atoms with E-state index in [2.05, 4.69) is 18.7 Å². The largest absolute Gasteiger partial charge is 0.481 e. The number of hydrogen-bond acceptors (Lipinski definition) is 2. The van der Waals surface area contributed by atoms with Gasteiger partial charge in [-0.1, -0.05) is 6.42 Å². The van der Waals surface area contributed by atoms with Crippen LogP contribution in [-0.2, 0) is 4.79 Å². The molecule has 76 valence electrons. The van der Waals surface area contributed by atoms with Crippen LogP contribution in [0.1, 0.15) is 39.5 Å². The molecule has 0 amide bonds. The molecule has 0 aromatic heterocycles. The summed E-state index contributed by atoms with van der Waals surface area (Å²) >= 11 is 0. The van der Waals surface area contributed by atoms with Crippen LogP contribution >= 0.6 is 0 Å². The second-order valence-electron chi connectivity index (χ2n) is 4.01. The van der Waals surface area contributed by atoms with Gasteiger partial charge in [0.25, 0.3) is 0 Å². The Morgan fingerprint density at radius 2 is 1.92 bits per heavy atom. The number of carboxylic acid groups (broad SMARTS) is 1. The van der Waals surface area contributed by atoms with Crippen LogP contribution in [-0.4, -0.2) is 34.6 Å². The van der Waals surface area contributed by atoms with E-state index in [1.165, 1.54) is 19.3 Å². The molecule has 0 saturated carbocycles. The third-order valence-electron chi connectivity index (χ3n) is 2.96. The molecule has 1 fully saturated rings. The van der Waals surface area contributed by atoms with Crippen molar-refractivity contribution in [2.45, 2.75) is 51.6 Å². The predicted molar refractivity (Wildman–Crippen MR) is 51.7 cm³/mol. The standard InChI is InChI=1S/C10H19NO2/c1-8-4-3-5-9(2)11(8)7-6-10(12)13/h8-9H,3-7H2,1-2H3,(H,12,13)/t8-,9-/m1/s1. The molecule has 13 heavy (non-hydrogen) atoms. The molecule has 1 saturated heterocycles. The van der Waals surface area contributed by atoms with E-state index < -0.39 is 5.97 Å². The van der Waals surface area contributed by atoms with E-state index in [1.54, 1.807) is 0 Å². The quantitative estimate of drug-likeness (QED) is 0.728. The minimum atomic E-state index is -0.690. The van der Waals surface area contributed by atoms with Crippen molar-refractivity contribution in [1.82, 2.24) is 4.90 Å². The Kier molecular flexibility index (Phi) is 3.72. The summed E-state index contributed by atoms with van der Waals surface area (Å²) in [5, 5.41) is 8.59. The van der Waals surface area contributed by atoms with E-state index >= 15 is 0 Å². The highest BCUT2D eigenvalue weighted by molar-refractivity contribution is 5.66. The number of nitrogens with zero attached hydrogens (tertiary/aromatic N) is 1. The maximum absolute atomic E-state index is 10.4. The fourth-order valence-corrected chi connectivity index (χ4v) is 2.14. The van der Waals surface area contributed by atoms with Crippen LogP contribution in [0.2, 0.25) is 0 Å². The van der Waals surface area contributed by atoms with Crippen LogP contribution in [0.15, 0.2) is 0 Å². The summed E-state index contributed by atoms with van der Waals surface area (Å²) in [6, 6.07) is 1.12. The monoisotopic (exact) mass is 185 g/mol. The first kappa shape index (κ1) is 10.5. The summed E-state index contributed by atoms with van der Waals surface area (Å²) in [6.07, 6.45) is 3.98. The summed E-state index contributed by atoms with van der Waals surface area (Å²) in [5.74, 6) is -0.690. The minimum absolute atomic E-state index is 0.272. The number of piperidine rings is 1. The molecule has 0 unspecified atom stereocenters. The molecular formula is C10H19NO2. The highest BCUT2D eigenvalue weighted by atomic mass is 16.4. The Morgan fingerprint density at radius 1 is 1.38 bits per heavy atom. The van der Waals surface area contributed by atoms with Crippen LogP contribution in [0, 0.1) is 0 Å². The number of aliphatic carboxylic acids is 1. The zero-order chi connectivity index (χ0) is 9.84. The third-order valence-corrected chi connectivity index (χ3v) is 2.96. The molecule has 1 aliphatic rings. The Hall–Kier alpha value is -0.570. The molecule has 1 aliphatic heterocycles. The van der Waals surface area contributed by atoms with Crippen molar-refractivity contribution in [1.29, 1.82) is 0 Å². The number of carboxylic acids is 1. The summed E-state index contributed by atoms with van der Waals surface area (Å²) in [4.78, 5) is 12.7. The second-order valence-corrected chi connectivity index (χ2v) is 4.01. The highest BCUT2D eigenvalue weighted by Crippen LogP contribution is 2.22. The van der Waals surface area contributed by atoms with Gasteiger partial charge in [-0.15, -0.1) is 0 Å². The van der Waals surface area contributed by atoms with E-state index in [0.29, 0.717) is 18.6 Å². The van der Waals surface area contributed by atoms with Crippen LogP contribution in [0.25, 0.3) is 0 Å². The molecule has 3 nitrogen and oxygen atoms in total. The molecule has 0 bridgehead atoms. The smallest absolute Gasteiger partial charge is 0.304 e. The van der Waals surface area contributed by atoms with Crippen molar-refractivity contribution in [2.75, 3.05) is 6.54 Å². The van der Waals surface area contributed by atoms with Crippen molar-refractivity contribution in [3.05, 3.63) is 0 Å². The van der Waals surface area contributed by atoms with Gasteiger partial charge >= 0.3 is 5.97 Å². The van der Waals surface area contributed by atoms with Crippen LogP contribution in [0.5, 0.6) is 0 Å². The topological polar surface area (TPSA) is 40.5 Å². The Morgan fingerprint density at radius 3 is 2.38 bits per heavy atom. The molecule has 0 radical (unpaired) electrons. The van der Waals surface area contributed by atoms with Gasteiger partial charge in [-0.25, -0.2) is 0 Å². The van der Waals surface area contributed by atoms with E-state index in [1.807, 2.05) is 0 Å². The zero-order valence-electron chi connectivity index (χ0n) is 8.49. The first-order valence-corrected chi connectivity index (χ1v) is 5.09. The maximum Gasteiger partial charge on any atom is 0.304 e. The van der Waals surface area contributed by atoms with Crippen molar-refractivity contribution < 1.29 is 9.90 Å². The van der Waals surface area contributed by atoms with Crippen molar-refractivity contribution >= 4 is 5.97 Å². The van der Waals surface area contributed by atoms with E-state index in [4.69, 9.17) is 5.11 Å². The summed E-state index contributed by atoms with van der Waals surface area (Å²) in [6.45, 7) is 5.09. The van der Waals surface area contributed by atoms with Gasteiger partial charge in [0.05, 0.1) is 6.42 Å². The summed E-state index contributed by atoms with van der Waals surface area (Å²) < 4.78 is 0. The molecule has 0 aromatic carbocycles. The predicted octanol–water partition coefficient (Wildman–Crippen LogP) is 1.72. The van der Waals surface area contributed by atoms with E-state index in [0.717, 1.165) is 0 Å².